The van der Waals surface area contributed by atoms with Gasteiger partial charge >= 0.3 is 0 Å². The van der Waals surface area contributed by atoms with Gasteiger partial charge in [-0.1, -0.05) is 0 Å². The van der Waals surface area contributed by atoms with Crippen molar-refractivity contribution in [3.63, 3.8) is 0 Å². The Bertz CT molecular complexity index is 459. The van der Waals surface area contributed by atoms with E-state index in [0.29, 0.717) is 6.04 Å². The molecule has 0 saturated carbocycles. The number of nitrogens with one attached hydrogen (secondary N) is 1. The maximum absolute atomic E-state index is 12.4. The fourth-order valence-electron chi connectivity index (χ4n) is 2.54. The first kappa shape index (κ1) is 13.5. The first-order valence-corrected chi connectivity index (χ1v) is 8.26. The van der Waals surface area contributed by atoms with Crippen LogP contribution in [0.2, 0.25) is 0 Å². The summed E-state index contributed by atoms with van der Waals surface area (Å²) >= 11 is 5.03. The lowest BCUT2D eigenvalue weighted by atomic mass is 10.1. The molecule has 3 heterocycles. The Hall–Kier alpha value is -0.430. The van der Waals surface area contributed by atoms with Crippen molar-refractivity contribution in [1.82, 2.24) is 15.1 Å². The molecule has 4 nitrogen and oxygen atoms in total. The second-order valence-electron chi connectivity index (χ2n) is 5.21. The summed E-state index contributed by atoms with van der Waals surface area (Å²) in [6, 6.07) is 2.68. The Kier molecular flexibility index (Phi) is 3.93. The average molecular weight is 344 g/mol. The SMILES string of the molecule is Cc1cc(C(=O)N2CCN(C3CNC3)CC2)sc1Br. The third-order valence-electron chi connectivity index (χ3n) is 3.95. The molecule has 1 N–H and O–H groups in total. The van der Waals surface area contributed by atoms with E-state index in [1.165, 1.54) is 0 Å². The number of nitrogens with zero attached hydrogens (tertiary/aromatic N) is 2. The lowest BCUT2D eigenvalue weighted by Gasteiger charge is -2.43. The predicted octanol–water partition coefficient (Wildman–Crippen LogP) is 1.55. The van der Waals surface area contributed by atoms with Gasteiger partial charge < -0.3 is 10.2 Å². The normalized spacial score (nSPS) is 21.5. The second kappa shape index (κ2) is 5.52. The van der Waals surface area contributed by atoms with Crippen molar-refractivity contribution in [2.24, 2.45) is 0 Å². The van der Waals surface area contributed by atoms with Crippen LogP contribution in [0.15, 0.2) is 9.85 Å². The largest absolute Gasteiger partial charge is 0.335 e. The van der Waals surface area contributed by atoms with Crippen LogP contribution in [0.1, 0.15) is 15.2 Å². The molecule has 0 aromatic carbocycles. The van der Waals surface area contributed by atoms with Crippen molar-refractivity contribution >= 4 is 33.2 Å². The molecule has 2 aliphatic rings. The maximum atomic E-state index is 12.4. The Labute approximate surface area is 125 Å². The molecule has 1 aromatic rings. The quantitative estimate of drug-likeness (QED) is 0.884. The number of carbonyl (C=O) groups excluding carboxylic acids is 1. The third kappa shape index (κ3) is 2.72. The summed E-state index contributed by atoms with van der Waals surface area (Å²) < 4.78 is 1.06. The lowest BCUT2D eigenvalue weighted by molar-refractivity contribution is 0.0506. The van der Waals surface area contributed by atoms with E-state index in [1.54, 1.807) is 11.3 Å². The molecule has 2 aliphatic heterocycles. The summed E-state index contributed by atoms with van der Waals surface area (Å²) in [6.45, 7) is 7.94. The molecule has 0 unspecified atom stereocenters. The summed E-state index contributed by atoms with van der Waals surface area (Å²) in [5.41, 5.74) is 1.15. The molecule has 0 radical (unpaired) electrons. The van der Waals surface area contributed by atoms with E-state index in [9.17, 15) is 4.79 Å². The van der Waals surface area contributed by atoms with Crippen molar-refractivity contribution in [1.29, 1.82) is 0 Å². The number of hydrogen-bond acceptors (Lipinski definition) is 4. The summed E-state index contributed by atoms with van der Waals surface area (Å²) in [7, 11) is 0. The van der Waals surface area contributed by atoms with Crippen LogP contribution in [0.25, 0.3) is 0 Å². The predicted molar refractivity (Wildman–Crippen MR) is 80.9 cm³/mol. The number of halogens is 1. The summed E-state index contributed by atoms with van der Waals surface area (Å²) in [5.74, 6) is 0.185. The van der Waals surface area contributed by atoms with E-state index in [-0.39, 0.29) is 5.91 Å². The molecule has 0 atom stereocenters. The molecule has 6 heteroatoms. The minimum atomic E-state index is 0.185. The standard InChI is InChI=1S/C13H18BrN3OS/c1-9-6-11(19-12(9)14)13(18)17-4-2-16(3-5-17)10-7-15-8-10/h6,10,15H,2-5,7-8H2,1H3. The van der Waals surface area contributed by atoms with Crippen molar-refractivity contribution in [3.05, 3.63) is 20.3 Å². The third-order valence-corrected chi connectivity index (χ3v) is 6.07. The van der Waals surface area contributed by atoms with Gasteiger partial charge in [0.25, 0.3) is 5.91 Å². The minimum Gasteiger partial charge on any atom is -0.335 e. The number of hydrogen-bond donors (Lipinski definition) is 1. The summed E-state index contributed by atoms with van der Waals surface area (Å²) in [5, 5.41) is 3.30. The summed E-state index contributed by atoms with van der Waals surface area (Å²) in [6.07, 6.45) is 0. The van der Waals surface area contributed by atoms with E-state index in [0.717, 1.165) is 53.5 Å². The van der Waals surface area contributed by atoms with Crippen LogP contribution in [0.3, 0.4) is 0 Å². The van der Waals surface area contributed by atoms with Gasteiger partial charge in [0.1, 0.15) is 0 Å². The molecular formula is C13H18BrN3OS. The molecule has 104 valence electrons. The van der Waals surface area contributed by atoms with Crippen molar-refractivity contribution in [3.8, 4) is 0 Å². The first-order chi connectivity index (χ1) is 9.15. The van der Waals surface area contributed by atoms with Gasteiger partial charge in [0.05, 0.1) is 8.66 Å². The van der Waals surface area contributed by atoms with Crippen LogP contribution in [-0.4, -0.2) is 61.0 Å². The van der Waals surface area contributed by atoms with E-state index in [4.69, 9.17) is 0 Å². The van der Waals surface area contributed by atoms with E-state index >= 15 is 0 Å². The molecule has 1 aromatic heterocycles. The topological polar surface area (TPSA) is 35.6 Å². The number of thiophene rings is 1. The second-order valence-corrected chi connectivity index (χ2v) is 7.58. The maximum Gasteiger partial charge on any atom is 0.264 e. The highest BCUT2D eigenvalue weighted by Crippen LogP contribution is 2.28. The highest BCUT2D eigenvalue weighted by atomic mass is 79.9. The lowest BCUT2D eigenvalue weighted by Crippen LogP contribution is -2.62. The van der Waals surface area contributed by atoms with Crippen LogP contribution in [-0.2, 0) is 0 Å². The van der Waals surface area contributed by atoms with E-state index in [2.05, 4.69) is 26.1 Å². The molecule has 3 rings (SSSR count). The molecule has 0 aliphatic carbocycles. The number of aryl methyl sites for hydroxylation is 1. The van der Waals surface area contributed by atoms with Crippen LogP contribution in [0.4, 0.5) is 0 Å². The first-order valence-electron chi connectivity index (χ1n) is 6.65. The van der Waals surface area contributed by atoms with Crippen molar-refractivity contribution < 1.29 is 4.79 Å². The van der Waals surface area contributed by atoms with E-state index < -0.39 is 0 Å². The Balaban J connectivity index is 1.59. The molecule has 2 fully saturated rings. The molecule has 0 spiro atoms. The van der Waals surface area contributed by atoms with Gasteiger partial charge in [0, 0.05) is 45.3 Å². The average Bonchev–Trinajstić information content (AvgIpc) is 2.68. The molecule has 19 heavy (non-hydrogen) atoms. The minimum absolute atomic E-state index is 0.185. The van der Waals surface area contributed by atoms with Crippen LogP contribution in [0.5, 0.6) is 0 Å². The highest BCUT2D eigenvalue weighted by Gasteiger charge is 2.29. The number of carbonyl (C=O) groups is 1. The van der Waals surface area contributed by atoms with Crippen LogP contribution in [0, 0.1) is 6.92 Å². The molecule has 2 saturated heterocycles. The van der Waals surface area contributed by atoms with Crippen LogP contribution < -0.4 is 5.32 Å². The van der Waals surface area contributed by atoms with Gasteiger partial charge in [-0.2, -0.15) is 0 Å². The number of rotatable bonds is 2. The monoisotopic (exact) mass is 343 g/mol. The zero-order chi connectivity index (χ0) is 13.4. The number of amides is 1. The van der Waals surface area contributed by atoms with E-state index in [1.807, 2.05) is 17.9 Å². The highest BCUT2D eigenvalue weighted by molar-refractivity contribution is 9.11. The van der Waals surface area contributed by atoms with Gasteiger partial charge in [-0.25, -0.2) is 0 Å². The Morgan fingerprint density at radius 3 is 2.53 bits per heavy atom. The fraction of sp³-hybridized carbons (Fsp3) is 0.615. The zero-order valence-corrected chi connectivity index (χ0v) is 13.4. The Morgan fingerprint density at radius 2 is 2.05 bits per heavy atom. The van der Waals surface area contributed by atoms with Gasteiger partial charge in [0.2, 0.25) is 0 Å². The molecule has 1 amide bonds. The van der Waals surface area contributed by atoms with Crippen LogP contribution >= 0.6 is 27.3 Å². The summed E-state index contributed by atoms with van der Waals surface area (Å²) in [4.78, 5) is 17.7. The van der Waals surface area contributed by atoms with Crippen molar-refractivity contribution in [2.45, 2.75) is 13.0 Å². The van der Waals surface area contributed by atoms with Gasteiger partial charge in [-0.15, -0.1) is 11.3 Å². The van der Waals surface area contributed by atoms with Gasteiger partial charge in [-0.3, -0.25) is 9.69 Å². The molecular weight excluding hydrogens is 326 g/mol. The van der Waals surface area contributed by atoms with Gasteiger partial charge in [0.15, 0.2) is 0 Å². The van der Waals surface area contributed by atoms with Gasteiger partial charge in [-0.05, 0) is 34.5 Å². The number of piperazine rings is 1. The zero-order valence-electron chi connectivity index (χ0n) is 11.0. The smallest absolute Gasteiger partial charge is 0.264 e. The fourth-order valence-corrected chi connectivity index (χ4v) is 4.05. The Morgan fingerprint density at radius 1 is 1.37 bits per heavy atom. The molecule has 0 bridgehead atoms. The van der Waals surface area contributed by atoms with Crippen molar-refractivity contribution in [2.75, 3.05) is 39.3 Å².